The molecule has 154 valence electrons. The topological polar surface area (TPSA) is 69.7 Å². The van der Waals surface area contributed by atoms with Gasteiger partial charge in [0, 0.05) is 12.0 Å². The Bertz CT molecular complexity index is 831. The number of esters is 2. The molecule has 0 atom stereocenters. The molecule has 0 amide bonds. The van der Waals surface area contributed by atoms with E-state index in [0.717, 1.165) is 24.0 Å². The lowest BCUT2D eigenvalue weighted by atomic mass is 10.0. The molecule has 1 fully saturated rings. The molecule has 0 N–H and O–H groups in total. The number of rotatable bonds is 6. The molecule has 2 aromatic carbocycles. The van der Waals surface area contributed by atoms with Gasteiger partial charge in [-0.05, 0) is 56.9 Å². The van der Waals surface area contributed by atoms with E-state index in [1.165, 1.54) is 0 Å². The van der Waals surface area contributed by atoms with Crippen LogP contribution in [0.25, 0.3) is 11.1 Å². The van der Waals surface area contributed by atoms with Gasteiger partial charge in [0.05, 0.1) is 11.7 Å². The zero-order valence-electron chi connectivity index (χ0n) is 17.4. The minimum atomic E-state index is -0.254. The third-order valence-corrected chi connectivity index (χ3v) is 4.20. The van der Waals surface area contributed by atoms with Crippen LogP contribution in [0.15, 0.2) is 48.5 Å². The van der Waals surface area contributed by atoms with Crippen molar-refractivity contribution >= 4 is 17.7 Å². The van der Waals surface area contributed by atoms with Crippen molar-refractivity contribution in [1.29, 1.82) is 0 Å². The SMILES string of the molecule is CC(=O)c1ccc(-c2ccc(C(=O)OC3CC3)cc2)cc1.CCC(=O)OC(C)C. The Morgan fingerprint density at radius 1 is 0.897 bits per heavy atom. The molecule has 1 aliphatic carbocycles. The third-order valence-electron chi connectivity index (χ3n) is 4.20. The van der Waals surface area contributed by atoms with E-state index in [1.54, 1.807) is 26.0 Å². The first-order chi connectivity index (χ1) is 13.8. The lowest BCUT2D eigenvalue weighted by molar-refractivity contribution is -0.146. The van der Waals surface area contributed by atoms with Crippen molar-refractivity contribution in [3.8, 4) is 11.1 Å². The van der Waals surface area contributed by atoms with E-state index in [9.17, 15) is 14.4 Å². The lowest BCUT2D eigenvalue weighted by Crippen LogP contribution is -2.09. The van der Waals surface area contributed by atoms with Crippen LogP contribution in [0.3, 0.4) is 0 Å². The Hall–Kier alpha value is -2.95. The molecule has 1 saturated carbocycles. The zero-order valence-corrected chi connectivity index (χ0v) is 17.4. The Morgan fingerprint density at radius 3 is 1.72 bits per heavy atom. The normalized spacial score (nSPS) is 12.6. The monoisotopic (exact) mass is 396 g/mol. The van der Waals surface area contributed by atoms with Crippen LogP contribution in [0.5, 0.6) is 0 Å². The van der Waals surface area contributed by atoms with Crippen molar-refractivity contribution in [3.63, 3.8) is 0 Å². The molecule has 0 heterocycles. The largest absolute Gasteiger partial charge is 0.463 e. The van der Waals surface area contributed by atoms with Gasteiger partial charge >= 0.3 is 11.9 Å². The van der Waals surface area contributed by atoms with Crippen LogP contribution in [-0.4, -0.2) is 29.9 Å². The standard InChI is InChI=1S/C18H16O3.C6H12O2/c1-12(19)13-2-4-14(5-3-13)15-6-8-16(9-7-15)18(20)21-17-10-11-17;1-4-6(7)8-5(2)3/h2-9,17H,10-11H2,1H3;5H,4H2,1-3H3. The van der Waals surface area contributed by atoms with Crippen molar-refractivity contribution in [2.24, 2.45) is 0 Å². The van der Waals surface area contributed by atoms with Gasteiger partial charge in [-0.15, -0.1) is 0 Å². The van der Waals surface area contributed by atoms with Gasteiger partial charge in [0.25, 0.3) is 0 Å². The fraction of sp³-hybridized carbons (Fsp3) is 0.375. The van der Waals surface area contributed by atoms with Gasteiger partial charge in [0.2, 0.25) is 0 Å². The predicted molar refractivity (Wildman–Crippen MR) is 112 cm³/mol. The number of carbonyl (C=O) groups is 3. The maximum Gasteiger partial charge on any atom is 0.338 e. The quantitative estimate of drug-likeness (QED) is 0.494. The van der Waals surface area contributed by atoms with Crippen molar-refractivity contribution < 1.29 is 23.9 Å². The first kappa shape index (κ1) is 22.3. The average molecular weight is 396 g/mol. The highest BCUT2D eigenvalue weighted by atomic mass is 16.5. The molecule has 5 heteroatoms. The Balaban J connectivity index is 0.000000321. The number of ether oxygens (including phenoxy) is 2. The van der Waals surface area contributed by atoms with Crippen LogP contribution in [0.1, 0.15) is 67.7 Å². The van der Waals surface area contributed by atoms with Crippen LogP contribution in [0, 0.1) is 0 Å². The van der Waals surface area contributed by atoms with Gasteiger partial charge < -0.3 is 9.47 Å². The van der Waals surface area contributed by atoms with Gasteiger partial charge in [-0.2, -0.15) is 0 Å². The second-order valence-corrected chi connectivity index (χ2v) is 7.21. The van der Waals surface area contributed by atoms with Crippen molar-refractivity contribution in [1.82, 2.24) is 0 Å². The molecule has 0 unspecified atom stereocenters. The third kappa shape index (κ3) is 7.53. The summed E-state index contributed by atoms with van der Waals surface area (Å²) in [7, 11) is 0. The van der Waals surface area contributed by atoms with Crippen LogP contribution in [-0.2, 0) is 14.3 Å². The van der Waals surface area contributed by atoms with Gasteiger partial charge in [0.1, 0.15) is 6.10 Å². The maximum atomic E-state index is 11.8. The Kier molecular flexibility index (Phi) is 8.13. The fourth-order valence-electron chi connectivity index (χ4n) is 2.45. The predicted octanol–water partition coefficient (Wildman–Crippen LogP) is 5.22. The van der Waals surface area contributed by atoms with Gasteiger partial charge in [-0.3, -0.25) is 9.59 Å². The Labute approximate surface area is 172 Å². The van der Waals surface area contributed by atoms with E-state index in [1.807, 2.05) is 50.2 Å². The highest BCUT2D eigenvalue weighted by Gasteiger charge is 2.26. The summed E-state index contributed by atoms with van der Waals surface area (Å²) < 4.78 is 10.0. The number of ketones is 1. The zero-order chi connectivity index (χ0) is 21.4. The Morgan fingerprint density at radius 2 is 1.38 bits per heavy atom. The number of Topliss-reactive ketones (excluding diaryl/α,β-unsaturated/α-hetero) is 1. The molecular formula is C24H28O5. The number of hydrogen-bond donors (Lipinski definition) is 0. The summed E-state index contributed by atoms with van der Waals surface area (Å²) in [6, 6.07) is 14.8. The summed E-state index contributed by atoms with van der Waals surface area (Å²) in [5.74, 6) is -0.323. The smallest absolute Gasteiger partial charge is 0.338 e. The van der Waals surface area contributed by atoms with Crippen LogP contribution in [0.2, 0.25) is 0 Å². The molecule has 29 heavy (non-hydrogen) atoms. The van der Waals surface area contributed by atoms with E-state index in [-0.39, 0.29) is 29.9 Å². The van der Waals surface area contributed by atoms with Crippen LogP contribution in [0.4, 0.5) is 0 Å². The molecule has 0 spiro atoms. The first-order valence-corrected chi connectivity index (χ1v) is 9.92. The number of carbonyl (C=O) groups excluding carboxylic acids is 3. The molecule has 0 radical (unpaired) electrons. The minimum Gasteiger partial charge on any atom is -0.463 e. The minimum absolute atomic E-state index is 0.0300. The highest BCUT2D eigenvalue weighted by molar-refractivity contribution is 5.94. The molecule has 3 rings (SSSR count). The van der Waals surface area contributed by atoms with Gasteiger partial charge in [0.15, 0.2) is 5.78 Å². The summed E-state index contributed by atoms with van der Waals surface area (Å²) in [6.07, 6.45) is 2.58. The number of benzene rings is 2. The molecule has 0 saturated heterocycles. The van der Waals surface area contributed by atoms with Crippen molar-refractivity contribution in [2.45, 2.75) is 59.2 Å². The summed E-state index contributed by atoms with van der Waals surface area (Å²) >= 11 is 0. The van der Waals surface area contributed by atoms with E-state index in [4.69, 9.17) is 9.47 Å². The maximum absolute atomic E-state index is 11.8. The summed E-state index contributed by atoms with van der Waals surface area (Å²) in [6.45, 7) is 7.01. The van der Waals surface area contributed by atoms with Crippen LogP contribution < -0.4 is 0 Å². The molecule has 2 aromatic rings. The van der Waals surface area contributed by atoms with Crippen molar-refractivity contribution in [2.75, 3.05) is 0 Å². The van der Waals surface area contributed by atoms with Gasteiger partial charge in [-0.1, -0.05) is 43.3 Å². The van der Waals surface area contributed by atoms with E-state index in [2.05, 4.69) is 0 Å². The molecule has 1 aliphatic rings. The molecule has 0 aromatic heterocycles. The molecule has 0 bridgehead atoms. The first-order valence-electron chi connectivity index (χ1n) is 9.92. The average Bonchev–Trinajstić information content (AvgIpc) is 3.52. The summed E-state index contributed by atoms with van der Waals surface area (Å²) in [5.41, 5.74) is 3.30. The lowest BCUT2D eigenvalue weighted by Gasteiger charge is -2.05. The highest BCUT2D eigenvalue weighted by Crippen LogP contribution is 2.26. The molecule has 0 aliphatic heterocycles. The number of hydrogen-bond acceptors (Lipinski definition) is 5. The van der Waals surface area contributed by atoms with E-state index < -0.39 is 0 Å². The summed E-state index contributed by atoms with van der Waals surface area (Å²) in [4.78, 5) is 33.5. The second-order valence-electron chi connectivity index (χ2n) is 7.21. The van der Waals surface area contributed by atoms with Crippen molar-refractivity contribution in [3.05, 3.63) is 59.7 Å². The van der Waals surface area contributed by atoms with Gasteiger partial charge in [-0.25, -0.2) is 4.79 Å². The fourth-order valence-corrected chi connectivity index (χ4v) is 2.45. The molecule has 5 nitrogen and oxygen atoms in total. The van der Waals surface area contributed by atoms with E-state index in [0.29, 0.717) is 17.5 Å². The molecular weight excluding hydrogens is 368 g/mol. The second kappa shape index (κ2) is 10.6. The van der Waals surface area contributed by atoms with Crippen LogP contribution >= 0.6 is 0 Å². The van der Waals surface area contributed by atoms with E-state index >= 15 is 0 Å². The summed E-state index contributed by atoms with van der Waals surface area (Å²) in [5, 5.41) is 0.